The van der Waals surface area contributed by atoms with Crippen molar-refractivity contribution in [2.24, 2.45) is 5.92 Å². The predicted octanol–water partition coefficient (Wildman–Crippen LogP) is 0.751. The Morgan fingerprint density at radius 2 is 2.09 bits per heavy atom. The van der Waals surface area contributed by atoms with Gasteiger partial charge in [0.2, 0.25) is 0 Å². The number of rotatable bonds is 1. The van der Waals surface area contributed by atoms with Crippen LogP contribution in [0.25, 0.3) is 0 Å². The van der Waals surface area contributed by atoms with E-state index in [2.05, 4.69) is 26.1 Å². The second-order valence-electron chi connectivity index (χ2n) is 3.58. The maximum atomic E-state index is 11.6. The van der Waals surface area contributed by atoms with Gasteiger partial charge in [0, 0.05) is 34.4 Å². The maximum Gasteiger partial charge on any atom is 0.0498 e. The van der Waals surface area contributed by atoms with Gasteiger partial charge >= 0.3 is 0 Å². The molecule has 1 heterocycles. The summed E-state index contributed by atoms with van der Waals surface area (Å²) >= 11 is 0. The molecular weight excluding hydrogens is 158 g/mol. The molecule has 1 aliphatic heterocycles. The molecule has 3 unspecified atom stereocenters. The lowest BCUT2D eigenvalue weighted by Crippen LogP contribution is -2.47. The summed E-state index contributed by atoms with van der Waals surface area (Å²) in [5.74, 6) is 0.533. The first-order valence-electron chi connectivity index (χ1n) is 4.23. The lowest BCUT2D eigenvalue weighted by atomic mass is 10.1. The summed E-state index contributed by atoms with van der Waals surface area (Å²) in [5, 5.41) is 3.99. The predicted molar refractivity (Wildman–Crippen MR) is 49.1 cm³/mol. The second-order valence-corrected chi connectivity index (χ2v) is 5.65. The van der Waals surface area contributed by atoms with Gasteiger partial charge in [0.15, 0.2) is 0 Å². The Hall–Kier alpha value is 0.110. The zero-order valence-corrected chi connectivity index (χ0v) is 8.28. The smallest absolute Gasteiger partial charge is 0.0498 e. The second kappa shape index (κ2) is 3.68. The highest BCUT2D eigenvalue weighted by molar-refractivity contribution is 7.86. The molecule has 3 atom stereocenters. The third kappa shape index (κ3) is 2.03. The fraction of sp³-hybridized carbons (Fsp3) is 1.00. The molecule has 0 aliphatic carbocycles. The molecule has 0 bridgehead atoms. The van der Waals surface area contributed by atoms with E-state index in [1.54, 1.807) is 0 Å². The number of hydrogen-bond acceptors (Lipinski definition) is 2. The van der Waals surface area contributed by atoms with E-state index in [0.717, 1.165) is 13.1 Å². The summed E-state index contributed by atoms with van der Waals surface area (Å²) < 4.78 is 11.6. The van der Waals surface area contributed by atoms with Gasteiger partial charge in [0.1, 0.15) is 0 Å². The van der Waals surface area contributed by atoms with Crippen molar-refractivity contribution in [3.05, 3.63) is 0 Å². The lowest BCUT2D eigenvalue weighted by Gasteiger charge is -2.29. The molecular formula is C8H17NOS. The van der Waals surface area contributed by atoms with E-state index in [-0.39, 0.29) is 0 Å². The molecule has 0 radical (unpaired) electrons. The molecule has 0 aromatic rings. The van der Waals surface area contributed by atoms with E-state index < -0.39 is 10.8 Å². The lowest BCUT2D eigenvalue weighted by molar-refractivity contribution is 0.506. The van der Waals surface area contributed by atoms with Gasteiger partial charge in [-0.3, -0.25) is 4.21 Å². The van der Waals surface area contributed by atoms with Crippen molar-refractivity contribution in [2.75, 3.05) is 13.1 Å². The molecule has 1 fully saturated rings. The fourth-order valence-electron chi connectivity index (χ4n) is 1.40. The molecule has 1 N–H and O–H groups in total. The summed E-state index contributed by atoms with van der Waals surface area (Å²) in [6, 6.07) is 0. The first-order chi connectivity index (χ1) is 5.13. The number of hydrogen-bond donors (Lipinski definition) is 1. The zero-order valence-electron chi connectivity index (χ0n) is 7.46. The van der Waals surface area contributed by atoms with Gasteiger partial charge in [-0.15, -0.1) is 0 Å². The van der Waals surface area contributed by atoms with Crippen LogP contribution in [0.3, 0.4) is 0 Å². The van der Waals surface area contributed by atoms with Crippen LogP contribution < -0.4 is 5.32 Å². The van der Waals surface area contributed by atoms with Crippen molar-refractivity contribution in [1.29, 1.82) is 0 Å². The molecule has 0 spiro atoms. The number of nitrogens with one attached hydrogen (secondary N) is 1. The quantitative estimate of drug-likeness (QED) is 0.637. The monoisotopic (exact) mass is 175 g/mol. The fourth-order valence-corrected chi connectivity index (χ4v) is 3.09. The van der Waals surface area contributed by atoms with Crippen molar-refractivity contribution in [3.63, 3.8) is 0 Å². The van der Waals surface area contributed by atoms with Crippen molar-refractivity contribution >= 4 is 10.8 Å². The average molecular weight is 175 g/mol. The topological polar surface area (TPSA) is 29.1 Å². The van der Waals surface area contributed by atoms with E-state index in [9.17, 15) is 4.21 Å². The van der Waals surface area contributed by atoms with Crippen LogP contribution in [-0.4, -0.2) is 27.8 Å². The van der Waals surface area contributed by atoms with Crippen molar-refractivity contribution in [1.82, 2.24) is 5.32 Å². The SMILES string of the molecule is CC(C)C1CNCC(C)S1=O. The average Bonchev–Trinajstić information content (AvgIpc) is 1.94. The molecule has 3 heteroatoms. The van der Waals surface area contributed by atoms with Crippen molar-refractivity contribution < 1.29 is 4.21 Å². The first kappa shape index (κ1) is 9.20. The van der Waals surface area contributed by atoms with Gasteiger partial charge < -0.3 is 5.32 Å². The Bertz CT molecular complexity index is 158. The molecule has 11 heavy (non-hydrogen) atoms. The van der Waals surface area contributed by atoms with Crippen LogP contribution in [0.15, 0.2) is 0 Å². The normalized spacial score (nSPS) is 39.5. The minimum atomic E-state index is -0.615. The maximum absolute atomic E-state index is 11.6. The van der Waals surface area contributed by atoms with E-state index in [1.807, 2.05) is 0 Å². The van der Waals surface area contributed by atoms with Crippen LogP contribution in [0.1, 0.15) is 20.8 Å². The van der Waals surface area contributed by atoms with Crippen LogP contribution in [-0.2, 0) is 10.8 Å². The third-order valence-electron chi connectivity index (χ3n) is 2.22. The summed E-state index contributed by atoms with van der Waals surface area (Å²) in [5.41, 5.74) is 0. The molecule has 2 nitrogen and oxygen atoms in total. The Balaban J connectivity index is 2.58. The van der Waals surface area contributed by atoms with Crippen LogP contribution in [0.4, 0.5) is 0 Å². The molecule has 0 saturated carbocycles. The third-order valence-corrected chi connectivity index (χ3v) is 4.48. The first-order valence-corrected chi connectivity index (χ1v) is 5.50. The molecule has 0 amide bonds. The molecule has 0 aromatic heterocycles. The highest BCUT2D eigenvalue weighted by Crippen LogP contribution is 2.15. The molecule has 1 saturated heterocycles. The molecule has 1 rings (SSSR count). The van der Waals surface area contributed by atoms with E-state index in [4.69, 9.17) is 0 Å². The van der Waals surface area contributed by atoms with Gasteiger partial charge in [-0.05, 0) is 12.8 Å². The van der Waals surface area contributed by atoms with Gasteiger partial charge in [0.25, 0.3) is 0 Å². The standard InChI is InChI=1S/C8H17NOS/c1-6(2)8-5-9-4-7(3)11(8)10/h6-9H,4-5H2,1-3H3. The van der Waals surface area contributed by atoms with Crippen LogP contribution in [0, 0.1) is 5.92 Å². The van der Waals surface area contributed by atoms with Gasteiger partial charge in [-0.1, -0.05) is 13.8 Å². The van der Waals surface area contributed by atoms with E-state index >= 15 is 0 Å². The van der Waals surface area contributed by atoms with Crippen molar-refractivity contribution in [3.8, 4) is 0 Å². The van der Waals surface area contributed by atoms with Crippen molar-refractivity contribution in [2.45, 2.75) is 31.3 Å². The van der Waals surface area contributed by atoms with E-state index in [1.165, 1.54) is 0 Å². The van der Waals surface area contributed by atoms with Crippen LogP contribution >= 0.6 is 0 Å². The highest BCUT2D eigenvalue weighted by atomic mass is 32.2. The Labute approximate surface area is 71.2 Å². The minimum absolute atomic E-state index is 0.330. The molecule has 1 aliphatic rings. The Morgan fingerprint density at radius 3 is 2.55 bits per heavy atom. The highest BCUT2D eigenvalue weighted by Gasteiger charge is 2.28. The van der Waals surface area contributed by atoms with Gasteiger partial charge in [0.05, 0.1) is 0 Å². The van der Waals surface area contributed by atoms with Gasteiger partial charge in [-0.25, -0.2) is 0 Å². The zero-order chi connectivity index (χ0) is 8.43. The van der Waals surface area contributed by atoms with E-state index in [0.29, 0.717) is 16.4 Å². The van der Waals surface area contributed by atoms with Crippen LogP contribution in [0.5, 0.6) is 0 Å². The Kier molecular flexibility index (Phi) is 3.07. The summed E-state index contributed by atoms with van der Waals surface area (Å²) in [4.78, 5) is 0. The summed E-state index contributed by atoms with van der Waals surface area (Å²) in [6.45, 7) is 8.17. The van der Waals surface area contributed by atoms with Crippen LogP contribution in [0.2, 0.25) is 0 Å². The summed E-state index contributed by atoms with van der Waals surface area (Å²) in [6.07, 6.45) is 0. The Morgan fingerprint density at radius 1 is 1.45 bits per heavy atom. The van der Waals surface area contributed by atoms with Gasteiger partial charge in [-0.2, -0.15) is 0 Å². The minimum Gasteiger partial charge on any atom is -0.314 e. The molecule has 0 aromatic carbocycles. The largest absolute Gasteiger partial charge is 0.314 e. The summed E-state index contributed by atoms with van der Waals surface area (Å²) in [7, 11) is -0.615. The molecule has 66 valence electrons.